The van der Waals surface area contributed by atoms with E-state index < -0.39 is 0 Å². The second kappa shape index (κ2) is 5.99. The summed E-state index contributed by atoms with van der Waals surface area (Å²) in [4.78, 5) is 21.7. The molecule has 6 heteroatoms. The molecule has 0 aliphatic carbocycles. The van der Waals surface area contributed by atoms with Gasteiger partial charge in [-0.05, 0) is 35.4 Å². The van der Waals surface area contributed by atoms with Gasteiger partial charge in [0.2, 0.25) is 11.8 Å². The Hall–Kier alpha value is -2.04. The van der Waals surface area contributed by atoms with Gasteiger partial charge in [0.05, 0.1) is 12.8 Å². The molecule has 2 N–H and O–H groups in total. The maximum Gasteiger partial charge on any atom is 0.228 e. The Morgan fingerprint density at radius 2 is 1.14 bits per heavy atom. The molecule has 0 radical (unpaired) electrons. The van der Waals surface area contributed by atoms with Crippen LogP contribution in [-0.2, 0) is 22.4 Å². The van der Waals surface area contributed by atoms with Gasteiger partial charge in [-0.25, -0.2) is 0 Å². The summed E-state index contributed by atoms with van der Waals surface area (Å²) in [5, 5.41) is 6.75. The van der Waals surface area contributed by atoms with Crippen LogP contribution < -0.4 is 10.6 Å². The summed E-state index contributed by atoms with van der Waals surface area (Å²) in [6, 6.07) is 10.9. The van der Waals surface area contributed by atoms with Gasteiger partial charge in [0, 0.05) is 21.4 Å². The van der Waals surface area contributed by atoms with Gasteiger partial charge in [0.1, 0.15) is 0 Å². The van der Waals surface area contributed by atoms with Gasteiger partial charge in [-0.1, -0.05) is 35.3 Å². The first-order valence-corrected chi connectivity index (χ1v) is 7.43. The maximum atomic E-state index is 10.9. The summed E-state index contributed by atoms with van der Waals surface area (Å²) in [5.41, 5.74) is 3.75. The minimum absolute atomic E-state index is 0.0438. The van der Waals surface area contributed by atoms with E-state index in [0.29, 0.717) is 22.9 Å². The Labute approximate surface area is 137 Å². The van der Waals surface area contributed by atoms with E-state index in [0.717, 1.165) is 22.5 Å². The van der Waals surface area contributed by atoms with Crippen molar-refractivity contribution in [3.8, 4) is 0 Å². The fourth-order valence-electron chi connectivity index (χ4n) is 2.37. The van der Waals surface area contributed by atoms with Crippen molar-refractivity contribution in [2.45, 2.75) is 12.8 Å². The smallest absolute Gasteiger partial charge is 0.228 e. The van der Waals surface area contributed by atoms with Crippen LogP contribution in [0.4, 0.5) is 11.4 Å². The average Bonchev–Trinajstić information content (AvgIpc) is 2.99. The highest BCUT2D eigenvalue weighted by Crippen LogP contribution is 2.26. The molecular formula is C16H12Cl2N2O2. The third kappa shape index (κ3) is 3.24. The monoisotopic (exact) mass is 334 g/mol. The molecule has 22 heavy (non-hydrogen) atoms. The van der Waals surface area contributed by atoms with Crippen LogP contribution in [0, 0.1) is 0 Å². The predicted molar refractivity (Wildman–Crippen MR) is 87.6 cm³/mol. The highest BCUT2D eigenvalue weighted by Gasteiger charge is 2.17. The zero-order valence-corrected chi connectivity index (χ0v) is 13.0. The number of carbonyl (C=O) groups excluding carboxylic acids is 2. The second-order valence-corrected chi connectivity index (χ2v) is 5.93. The number of nitrogens with one attached hydrogen (secondary N) is 2. The molecule has 0 spiro atoms. The largest absolute Gasteiger partial charge is 0.325 e. The number of hydrogen-bond acceptors (Lipinski definition) is 2. The first-order valence-electron chi connectivity index (χ1n) is 6.68. The topological polar surface area (TPSA) is 58.2 Å². The zero-order valence-electron chi connectivity index (χ0n) is 11.5. The standard InChI is InChI=1S/2C8H6ClNO/c2*9-6-2-1-5-3-8(11)10-7(5)4-6/h2*1-2,4H,3H2,(H,10,11). The van der Waals surface area contributed by atoms with Crippen molar-refractivity contribution in [3.05, 3.63) is 57.6 Å². The summed E-state index contributed by atoms with van der Waals surface area (Å²) in [6.45, 7) is 0. The maximum absolute atomic E-state index is 10.9. The SMILES string of the molecule is O=C1Cc2ccc(Cl)cc2N1.O=C1Cc2ccc(Cl)cc2N1. The van der Waals surface area contributed by atoms with Gasteiger partial charge >= 0.3 is 0 Å². The molecule has 0 atom stereocenters. The normalized spacial score (nSPS) is 14.5. The van der Waals surface area contributed by atoms with E-state index in [4.69, 9.17) is 23.2 Å². The molecule has 112 valence electrons. The van der Waals surface area contributed by atoms with Crippen molar-refractivity contribution in [1.82, 2.24) is 0 Å². The number of amides is 2. The Bertz CT molecular complexity index is 709. The lowest BCUT2D eigenvalue weighted by Gasteiger charge is -1.96. The molecule has 2 heterocycles. The molecule has 2 aliphatic heterocycles. The van der Waals surface area contributed by atoms with E-state index in [9.17, 15) is 9.59 Å². The van der Waals surface area contributed by atoms with Crippen molar-refractivity contribution >= 4 is 46.4 Å². The molecule has 4 rings (SSSR count). The molecule has 2 amide bonds. The van der Waals surface area contributed by atoms with Crippen LogP contribution in [0.25, 0.3) is 0 Å². The molecule has 2 aliphatic rings. The molecule has 0 bridgehead atoms. The molecule has 0 saturated carbocycles. The summed E-state index contributed by atoms with van der Waals surface area (Å²) < 4.78 is 0. The lowest BCUT2D eigenvalue weighted by molar-refractivity contribution is -0.115. The van der Waals surface area contributed by atoms with Crippen LogP contribution in [0.1, 0.15) is 11.1 Å². The van der Waals surface area contributed by atoms with Crippen LogP contribution in [0.5, 0.6) is 0 Å². The van der Waals surface area contributed by atoms with Gasteiger partial charge in [-0.15, -0.1) is 0 Å². The van der Waals surface area contributed by atoms with Crippen molar-refractivity contribution in [2.75, 3.05) is 10.6 Å². The van der Waals surface area contributed by atoms with Gasteiger partial charge in [0.25, 0.3) is 0 Å². The fraction of sp³-hybridized carbons (Fsp3) is 0.125. The van der Waals surface area contributed by atoms with E-state index in [2.05, 4.69) is 10.6 Å². The third-order valence-corrected chi connectivity index (χ3v) is 3.86. The number of hydrogen-bond donors (Lipinski definition) is 2. The number of benzene rings is 2. The lowest BCUT2D eigenvalue weighted by Crippen LogP contribution is -2.03. The van der Waals surface area contributed by atoms with Crippen molar-refractivity contribution in [3.63, 3.8) is 0 Å². The van der Waals surface area contributed by atoms with Crippen LogP contribution in [0.15, 0.2) is 36.4 Å². The predicted octanol–water partition coefficient (Wildman–Crippen LogP) is 3.67. The van der Waals surface area contributed by atoms with E-state index >= 15 is 0 Å². The number of anilines is 2. The van der Waals surface area contributed by atoms with Crippen molar-refractivity contribution in [2.24, 2.45) is 0 Å². The number of carbonyl (C=O) groups is 2. The Morgan fingerprint density at radius 3 is 1.55 bits per heavy atom. The van der Waals surface area contributed by atoms with Gasteiger partial charge < -0.3 is 10.6 Å². The molecule has 2 aromatic carbocycles. The quantitative estimate of drug-likeness (QED) is 0.772. The molecule has 0 fully saturated rings. The van der Waals surface area contributed by atoms with Crippen LogP contribution in [0.3, 0.4) is 0 Å². The Balaban J connectivity index is 0.000000131. The van der Waals surface area contributed by atoms with E-state index in [1.807, 2.05) is 12.1 Å². The molecule has 0 saturated heterocycles. The number of halogens is 2. The van der Waals surface area contributed by atoms with Crippen molar-refractivity contribution in [1.29, 1.82) is 0 Å². The second-order valence-electron chi connectivity index (χ2n) is 5.05. The molecule has 0 aromatic heterocycles. The van der Waals surface area contributed by atoms with Gasteiger partial charge in [-0.3, -0.25) is 9.59 Å². The first kappa shape index (κ1) is 14.9. The first-order chi connectivity index (χ1) is 10.5. The summed E-state index contributed by atoms with van der Waals surface area (Å²) >= 11 is 11.4. The minimum atomic E-state index is 0.0438. The highest BCUT2D eigenvalue weighted by molar-refractivity contribution is 6.31. The van der Waals surface area contributed by atoms with E-state index in [1.54, 1.807) is 24.3 Å². The Kier molecular flexibility index (Phi) is 4.05. The molecular weight excluding hydrogens is 323 g/mol. The van der Waals surface area contributed by atoms with Crippen LogP contribution >= 0.6 is 23.2 Å². The molecule has 2 aromatic rings. The fourth-order valence-corrected chi connectivity index (χ4v) is 2.72. The van der Waals surface area contributed by atoms with Crippen LogP contribution in [0.2, 0.25) is 10.0 Å². The third-order valence-electron chi connectivity index (χ3n) is 3.39. The minimum Gasteiger partial charge on any atom is -0.325 e. The number of fused-ring (bicyclic) bond motifs is 2. The van der Waals surface area contributed by atoms with Gasteiger partial charge in [0.15, 0.2) is 0 Å². The van der Waals surface area contributed by atoms with Gasteiger partial charge in [-0.2, -0.15) is 0 Å². The highest BCUT2D eigenvalue weighted by atomic mass is 35.5. The lowest BCUT2D eigenvalue weighted by atomic mass is 10.2. The van der Waals surface area contributed by atoms with Crippen LogP contribution in [-0.4, -0.2) is 11.8 Å². The Morgan fingerprint density at radius 1 is 0.727 bits per heavy atom. The average molecular weight is 335 g/mol. The zero-order chi connectivity index (χ0) is 15.7. The summed E-state index contributed by atoms with van der Waals surface area (Å²) in [6.07, 6.45) is 0.957. The van der Waals surface area contributed by atoms with E-state index in [-0.39, 0.29) is 11.8 Å². The molecule has 0 unspecified atom stereocenters. The van der Waals surface area contributed by atoms with Crippen molar-refractivity contribution < 1.29 is 9.59 Å². The molecule has 4 nitrogen and oxygen atoms in total. The number of rotatable bonds is 0. The summed E-state index contributed by atoms with van der Waals surface area (Å²) in [5.74, 6) is 0.0875. The summed E-state index contributed by atoms with van der Waals surface area (Å²) in [7, 11) is 0. The van der Waals surface area contributed by atoms with E-state index in [1.165, 1.54) is 0 Å².